The Morgan fingerprint density at radius 1 is 0.415 bits per heavy atom. The Labute approximate surface area is 383 Å². The Morgan fingerprint density at radius 3 is 1.25 bits per heavy atom. The van der Waals surface area contributed by atoms with Crippen LogP contribution in [-0.4, -0.2) is 43.7 Å². The molecule has 5 rings (SSSR count). The maximum absolute atomic E-state index is 13.0. The number of benzene rings is 5. The van der Waals surface area contributed by atoms with Crippen LogP contribution in [0, 0.1) is 0 Å². The molecule has 0 aliphatic rings. The average molecular weight is 883 g/mol. The van der Waals surface area contributed by atoms with Crippen LogP contribution in [0.2, 0.25) is 0 Å². The van der Waals surface area contributed by atoms with E-state index in [0.29, 0.717) is 65.3 Å². The van der Waals surface area contributed by atoms with Crippen LogP contribution < -0.4 is 23.7 Å². The Morgan fingerprint density at radius 2 is 0.800 bits per heavy atom. The smallest absolute Gasteiger partial charge is 0.343 e. The summed E-state index contributed by atoms with van der Waals surface area (Å²) in [6.07, 6.45) is 16.2. The Kier molecular flexibility index (Phi) is 20.9. The number of carbonyl (C=O) groups is 4. The van der Waals surface area contributed by atoms with Crippen molar-refractivity contribution >= 4 is 23.9 Å². The zero-order valence-electron chi connectivity index (χ0n) is 37.9. The van der Waals surface area contributed by atoms with Crippen LogP contribution in [-0.2, 0) is 9.53 Å². The van der Waals surface area contributed by atoms with Crippen LogP contribution in [0.25, 0.3) is 11.1 Å². The Bertz CT molecular complexity index is 2240. The standard InChI is InChI=1S/C55H62O10/c1-4-5-6-7-8-9-10-11-12-15-37-60-47-29-25-44(26-30-47)54(58)64-50-35-27-45(28-36-50)55(59)65-51-20-18-19-46(40-51)42-21-33-49(34-22-42)63-53(57)43-23-31-48(32-24-43)61-38-16-13-14-17-39-62-52(56)41(2)3/h18-36,40H,2,4-17,37-39H2,1,3H3. The Hall–Kier alpha value is -6.68. The van der Waals surface area contributed by atoms with Gasteiger partial charge in [0.05, 0.1) is 36.5 Å². The molecule has 0 aliphatic carbocycles. The van der Waals surface area contributed by atoms with Gasteiger partial charge in [0, 0.05) is 5.57 Å². The van der Waals surface area contributed by atoms with Gasteiger partial charge in [0.25, 0.3) is 0 Å². The highest BCUT2D eigenvalue weighted by atomic mass is 16.5. The third-order valence-electron chi connectivity index (χ3n) is 10.6. The van der Waals surface area contributed by atoms with Crippen molar-refractivity contribution < 1.29 is 47.6 Å². The molecule has 0 saturated heterocycles. The first-order chi connectivity index (χ1) is 31.7. The zero-order valence-corrected chi connectivity index (χ0v) is 37.9. The molecule has 65 heavy (non-hydrogen) atoms. The third kappa shape index (κ3) is 17.8. The highest BCUT2D eigenvalue weighted by Gasteiger charge is 2.14. The summed E-state index contributed by atoms with van der Waals surface area (Å²) in [6.45, 7) is 9.01. The molecular formula is C55H62O10. The first-order valence-corrected chi connectivity index (χ1v) is 22.9. The van der Waals surface area contributed by atoms with Crippen molar-refractivity contribution in [2.75, 3.05) is 19.8 Å². The van der Waals surface area contributed by atoms with E-state index in [1.807, 2.05) is 18.2 Å². The van der Waals surface area contributed by atoms with Gasteiger partial charge >= 0.3 is 23.9 Å². The van der Waals surface area contributed by atoms with Crippen LogP contribution in [0.15, 0.2) is 133 Å². The maximum atomic E-state index is 13.0. The number of esters is 4. The fraction of sp³-hybridized carbons (Fsp3) is 0.345. The summed E-state index contributed by atoms with van der Waals surface area (Å²) in [5.41, 5.74) is 3.09. The largest absolute Gasteiger partial charge is 0.494 e. The van der Waals surface area contributed by atoms with Crippen molar-refractivity contribution in [3.63, 3.8) is 0 Å². The molecule has 0 spiro atoms. The van der Waals surface area contributed by atoms with Crippen molar-refractivity contribution in [2.45, 2.75) is 104 Å². The third-order valence-corrected chi connectivity index (χ3v) is 10.6. The second kappa shape index (κ2) is 27.5. The molecule has 0 atom stereocenters. The lowest BCUT2D eigenvalue weighted by atomic mass is 10.1. The highest BCUT2D eigenvalue weighted by Crippen LogP contribution is 2.27. The van der Waals surface area contributed by atoms with E-state index in [9.17, 15) is 19.2 Å². The van der Waals surface area contributed by atoms with Crippen LogP contribution in [0.3, 0.4) is 0 Å². The van der Waals surface area contributed by atoms with Gasteiger partial charge in [0.1, 0.15) is 28.7 Å². The van der Waals surface area contributed by atoms with E-state index in [2.05, 4.69) is 13.5 Å². The molecule has 10 nitrogen and oxygen atoms in total. The normalized spacial score (nSPS) is 10.7. The minimum absolute atomic E-state index is 0.288. The molecule has 0 fully saturated rings. The van der Waals surface area contributed by atoms with Crippen LogP contribution >= 0.6 is 0 Å². The summed E-state index contributed by atoms with van der Waals surface area (Å²) in [4.78, 5) is 50.1. The van der Waals surface area contributed by atoms with Gasteiger partial charge in [-0.1, -0.05) is 95.6 Å². The van der Waals surface area contributed by atoms with E-state index < -0.39 is 17.9 Å². The summed E-state index contributed by atoms with van der Waals surface area (Å²) >= 11 is 0. The number of unbranched alkanes of at least 4 members (excludes halogenated alkanes) is 12. The van der Waals surface area contributed by atoms with E-state index in [1.54, 1.807) is 110 Å². The van der Waals surface area contributed by atoms with Gasteiger partial charge in [-0.25, -0.2) is 19.2 Å². The first-order valence-electron chi connectivity index (χ1n) is 22.9. The van der Waals surface area contributed by atoms with Crippen molar-refractivity contribution in [1.29, 1.82) is 0 Å². The van der Waals surface area contributed by atoms with Gasteiger partial charge in [-0.3, -0.25) is 0 Å². The van der Waals surface area contributed by atoms with Crippen LogP contribution in [0.5, 0.6) is 28.7 Å². The fourth-order valence-electron chi connectivity index (χ4n) is 6.80. The van der Waals surface area contributed by atoms with E-state index in [1.165, 1.54) is 51.4 Å². The number of ether oxygens (including phenoxy) is 6. The number of hydrogen-bond donors (Lipinski definition) is 0. The van der Waals surface area contributed by atoms with Crippen LogP contribution in [0.1, 0.15) is 135 Å². The summed E-state index contributed by atoms with van der Waals surface area (Å²) in [5, 5.41) is 0. The highest BCUT2D eigenvalue weighted by molar-refractivity contribution is 5.93. The maximum Gasteiger partial charge on any atom is 0.343 e. The predicted molar refractivity (Wildman–Crippen MR) is 253 cm³/mol. The molecule has 5 aromatic rings. The van der Waals surface area contributed by atoms with Gasteiger partial charge in [-0.15, -0.1) is 0 Å². The molecule has 0 unspecified atom stereocenters. The van der Waals surface area contributed by atoms with Gasteiger partial charge in [0.15, 0.2) is 0 Å². The number of rotatable bonds is 28. The van der Waals surface area contributed by atoms with E-state index in [0.717, 1.165) is 49.7 Å². The minimum Gasteiger partial charge on any atom is -0.494 e. The van der Waals surface area contributed by atoms with Gasteiger partial charge < -0.3 is 28.4 Å². The Balaban J connectivity index is 0.993. The molecule has 10 heteroatoms. The van der Waals surface area contributed by atoms with Crippen molar-refractivity contribution in [1.82, 2.24) is 0 Å². The van der Waals surface area contributed by atoms with Crippen LogP contribution in [0.4, 0.5) is 0 Å². The van der Waals surface area contributed by atoms with Gasteiger partial charge in [-0.2, -0.15) is 0 Å². The van der Waals surface area contributed by atoms with Crippen molar-refractivity contribution in [3.05, 3.63) is 150 Å². The minimum atomic E-state index is -0.567. The molecule has 0 aromatic heterocycles. The molecule has 0 bridgehead atoms. The lowest BCUT2D eigenvalue weighted by Gasteiger charge is -2.10. The SMILES string of the molecule is C=C(C)C(=O)OCCCCCCOc1ccc(C(=O)Oc2ccc(-c3cccc(OC(=O)c4ccc(OC(=O)c5ccc(OCCCCCCCCCCCC)cc5)cc4)c3)cc2)cc1. The predicted octanol–water partition coefficient (Wildman–Crippen LogP) is 13.4. The fourth-order valence-corrected chi connectivity index (χ4v) is 6.80. The molecular weight excluding hydrogens is 821 g/mol. The topological polar surface area (TPSA) is 124 Å². The summed E-state index contributed by atoms with van der Waals surface area (Å²) < 4.78 is 33.6. The second-order valence-corrected chi connectivity index (χ2v) is 16.0. The molecule has 0 amide bonds. The average Bonchev–Trinajstić information content (AvgIpc) is 3.32. The summed E-state index contributed by atoms with van der Waals surface area (Å²) in [7, 11) is 0. The van der Waals surface area contributed by atoms with Crippen molar-refractivity contribution in [3.8, 4) is 39.9 Å². The zero-order chi connectivity index (χ0) is 46.1. The monoisotopic (exact) mass is 882 g/mol. The molecule has 5 aromatic carbocycles. The lowest BCUT2D eigenvalue weighted by molar-refractivity contribution is -0.139. The number of hydrogen-bond acceptors (Lipinski definition) is 10. The molecule has 0 saturated carbocycles. The summed E-state index contributed by atoms with van der Waals surface area (Å²) in [6, 6.07) is 34.0. The molecule has 0 heterocycles. The molecule has 0 aliphatic heterocycles. The van der Waals surface area contributed by atoms with Gasteiger partial charge in [-0.05, 0) is 147 Å². The lowest BCUT2D eigenvalue weighted by Crippen LogP contribution is -2.10. The van der Waals surface area contributed by atoms with Crippen molar-refractivity contribution in [2.24, 2.45) is 0 Å². The quantitative estimate of drug-likeness (QED) is 0.0207. The molecule has 342 valence electrons. The van der Waals surface area contributed by atoms with E-state index >= 15 is 0 Å². The summed E-state index contributed by atoms with van der Waals surface area (Å²) in [5.74, 6) is 0.452. The molecule has 0 N–H and O–H groups in total. The molecule has 0 radical (unpaired) electrons. The van der Waals surface area contributed by atoms with Gasteiger partial charge in [0.2, 0.25) is 0 Å². The first kappa shape index (κ1) is 49.3. The second-order valence-electron chi connectivity index (χ2n) is 16.0. The number of carbonyl (C=O) groups excluding carboxylic acids is 4. The van der Waals surface area contributed by atoms with E-state index in [-0.39, 0.29) is 11.5 Å². The van der Waals surface area contributed by atoms with E-state index in [4.69, 9.17) is 28.4 Å².